The fraction of sp³-hybridized carbons (Fsp3) is 0.750. The molecule has 1 unspecified atom stereocenters. The first kappa shape index (κ1) is 18.3. The Bertz CT molecular complexity index is 401. The Balaban J connectivity index is 4.75. The SMILES string of the molecule is CC(C)(C)OC(=O)OC(=O)C(N)(O)C(=O)OC(C)(C)C. The quantitative estimate of drug-likeness (QED) is 0.427. The second-order valence-electron chi connectivity index (χ2n) is 6.12. The van der Waals surface area contributed by atoms with Gasteiger partial charge >= 0.3 is 23.8 Å². The number of nitrogens with two attached hydrogens (primary N) is 1. The maximum atomic E-state index is 11.5. The molecule has 0 amide bonds. The van der Waals surface area contributed by atoms with Crippen molar-refractivity contribution in [3.63, 3.8) is 0 Å². The Morgan fingerprint density at radius 2 is 1.25 bits per heavy atom. The first-order valence-electron chi connectivity index (χ1n) is 5.85. The lowest BCUT2D eigenvalue weighted by Gasteiger charge is -2.25. The third kappa shape index (κ3) is 6.48. The summed E-state index contributed by atoms with van der Waals surface area (Å²) in [6.07, 6.45) is -1.38. The van der Waals surface area contributed by atoms with Gasteiger partial charge in [0.25, 0.3) is 0 Å². The van der Waals surface area contributed by atoms with E-state index in [4.69, 9.17) is 10.5 Å². The Kier molecular flexibility index (Phi) is 5.28. The predicted octanol–water partition coefficient (Wildman–Crippen LogP) is 0.454. The standard InChI is InChI=1S/C12H21NO7/c1-10(2,3)19-8(15)12(13,17)7(14)18-9(16)20-11(4,5)6/h17H,13H2,1-6H3. The van der Waals surface area contributed by atoms with Gasteiger partial charge in [0.15, 0.2) is 0 Å². The van der Waals surface area contributed by atoms with Gasteiger partial charge < -0.3 is 19.3 Å². The second kappa shape index (κ2) is 5.76. The summed E-state index contributed by atoms with van der Waals surface area (Å²) in [6, 6.07) is 0. The molecule has 20 heavy (non-hydrogen) atoms. The minimum absolute atomic E-state index is 0.907. The molecule has 0 fully saturated rings. The van der Waals surface area contributed by atoms with E-state index in [-0.39, 0.29) is 0 Å². The highest BCUT2D eigenvalue weighted by atomic mass is 16.8. The number of carbonyl (C=O) groups excluding carboxylic acids is 3. The summed E-state index contributed by atoms with van der Waals surface area (Å²) in [6.45, 7) is 9.17. The van der Waals surface area contributed by atoms with Gasteiger partial charge in [-0.1, -0.05) is 0 Å². The molecular formula is C12H21NO7. The highest BCUT2D eigenvalue weighted by molar-refractivity contribution is 6.05. The predicted molar refractivity (Wildman–Crippen MR) is 67.3 cm³/mol. The van der Waals surface area contributed by atoms with Gasteiger partial charge in [-0.05, 0) is 41.5 Å². The normalized spacial score (nSPS) is 15.0. The van der Waals surface area contributed by atoms with Gasteiger partial charge in [0.1, 0.15) is 11.2 Å². The molecule has 0 aliphatic rings. The number of hydrogen-bond donors (Lipinski definition) is 2. The molecule has 0 bridgehead atoms. The molecule has 0 aromatic heterocycles. The van der Waals surface area contributed by atoms with E-state index >= 15 is 0 Å². The van der Waals surface area contributed by atoms with Crippen molar-refractivity contribution in [3.05, 3.63) is 0 Å². The van der Waals surface area contributed by atoms with Crippen LogP contribution in [0.15, 0.2) is 0 Å². The van der Waals surface area contributed by atoms with Gasteiger partial charge in [-0.15, -0.1) is 0 Å². The molecule has 0 saturated carbocycles. The molecule has 0 aromatic carbocycles. The lowest BCUT2D eigenvalue weighted by atomic mass is 10.1. The van der Waals surface area contributed by atoms with Crippen molar-refractivity contribution < 1.29 is 33.7 Å². The molecule has 3 N–H and O–H groups in total. The fourth-order valence-electron chi connectivity index (χ4n) is 0.864. The van der Waals surface area contributed by atoms with Crippen molar-refractivity contribution in [2.75, 3.05) is 0 Å². The van der Waals surface area contributed by atoms with Crippen LogP contribution in [0.25, 0.3) is 0 Å². The van der Waals surface area contributed by atoms with Gasteiger partial charge in [-0.25, -0.2) is 14.4 Å². The first-order valence-corrected chi connectivity index (χ1v) is 5.85. The van der Waals surface area contributed by atoms with Crippen molar-refractivity contribution in [2.24, 2.45) is 5.73 Å². The largest absolute Gasteiger partial charge is 0.516 e. The third-order valence-electron chi connectivity index (χ3n) is 1.59. The maximum Gasteiger partial charge on any atom is 0.516 e. The average molecular weight is 291 g/mol. The molecule has 8 nitrogen and oxygen atoms in total. The molecule has 0 rings (SSSR count). The number of ether oxygens (including phenoxy) is 3. The summed E-state index contributed by atoms with van der Waals surface area (Å²) >= 11 is 0. The molecule has 0 aliphatic carbocycles. The number of carbonyl (C=O) groups is 3. The minimum atomic E-state index is -3.09. The van der Waals surface area contributed by atoms with Gasteiger partial charge in [0, 0.05) is 0 Å². The number of esters is 2. The summed E-state index contributed by atoms with van der Waals surface area (Å²) in [5.41, 5.74) is 0.146. The van der Waals surface area contributed by atoms with E-state index in [9.17, 15) is 19.5 Å². The Labute approximate surface area is 117 Å². The Morgan fingerprint density at radius 3 is 1.60 bits per heavy atom. The van der Waals surface area contributed by atoms with Crippen molar-refractivity contribution in [1.29, 1.82) is 0 Å². The zero-order valence-corrected chi connectivity index (χ0v) is 12.5. The fourth-order valence-corrected chi connectivity index (χ4v) is 0.864. The minimum Gasteiger partial charge on any atom is -0.456 e. The summed E-state index contributed by atoms with van der Waals surface area (Å²) in [5, 5.41) is 9.58. The monoisotopic (exact) mass is 291 g/mol. The molecule has 0 aliphatic heterocycles. The van der Waals surface area contributed by atoms with Crippen LogP contribution < -0.4 is 5.73 Å². The van der Waals surface area contributed by atoms with Gasteiger partial charge in [-0.3, -0.25) is 5.73 Å². The van der Waals surface area contributed by atoms with Crippen LogP contribution in [0, 0.1) is 0 Å². The Hall–Kier alpha value is -1.67. The smallest absolute Gasteiger partial charge is 0.456 e. The summed E-state index contributed by atoms with van der Waals surface area (Å²) in [4.78, 5) is 34.3. The van der Waals surface area contributed by atoms with Crippen LogP contribution in [0.1, 0.15) is 41.5 Å². The molecule has 0 saturated heterocycles. The molecule has 0 heterocycles. The lowest BCUT2D eigenvalue weighted by Crippen LogP contribution is -2.58. The van der Waals surface area contributed by atoms with Crippen LogP contribution >= 0.6 is 0 Å². The van der Waals surface area contributed by atoms with Crippen molar-refractivity contribution in [2.45, 2.75) is 58.5 Å². The molecular weight excluding hydrogens is 270 g/mol. The summed E-state index contributed by atoms with van der Waals surface area (Å²) in [7, 11) is 0. The van der Waals surface area contributed by atoms with Crippen molar-refractivity contribution in [3.8, 4) is 0 Å². The topological polar surface area (TPSA) is 125 Å². The van der Waals surface area contributed by atoms with E-state index in [0.29, 0.717) is 0 Å². The van der Waals surface area contributed by atoms with Crippen LogP contribution in [0.5, 0.6) is 0 Å². The third-order valence-corrected chi connectivity index (χ3v) is 1.59. The zero-order valence-electron chi connectivity index (χ0n) is 12.5. The van der Waals surface area contributed by atoms with Crippen LogP contribution in [0.2, 0.25) is 0 Å². The van der Waals surface area contributed by atoms with E-state index in [0.717, 1.165) is 0 Å². The van der Waals surface area contributed by atoms with Crippen molar-refractivity contribution in [1.82, 2.24) is 0 Å². The average Bonchev–Trinajstić information content (AvgIpc) is 2.10. The Morgan fingerprint density at radius 1 is 0.850 bits per heavy atom. The van der Waals surface area contributed by atoms with E-state index < -0.39 is 35.0 Å². The van der Waals surface area contributed by atoms with E-state index in [1.807, 2.05) is 0 Å². The van der Waals surface area contributed by atoms with Gasteiger partial charge in [-0.2, -0.15) is 0 Å². The van der Waals surface area contributed by atoms with Crippen LogP contribution in [0.3, 0.4) is 0 Å². The second-order valence-corrected chi connectivity index (χ2v) is 6.12. The van der Waals surface area contributed by atoms with E-state index in [2.05, 4.69) is 9.47 Å². The molecule has 8 heteroatoms. The lowest BCUT2D eigenvalue weighted by molar-refractivity contribution is -0.188. The summed E-state index contributed by atoms with van der Waals surface area (Å²) < 4.78 is 13.6. The van der Waals surface area contributed by atoms with Gasteiger partial charge in [0.2, 0.25) is 0 Å². The maximum absolute atomic E-state index is 11.5. The molecule has 116 valence electrons. The van der Waals surface area contributed by atoms with Crippen LogP contribution in [-0.2, 0) is 23.8 Å². The van der Waals surface area contributed by atoms with E-state index in [1.54, 1.807) is 20.8 Å². The summed E-state index contributed by atoms with van der Waals surface area (Å²) in [5.74, 6) is -3.11. The number of aliphatic hydroxyl groups is 1. The highest BCUT2D eigenvalue weighted by Gasteiger charge is 2.46. The molecule has 0 radical (unpaired) electrons. The zero-order chi connectivity index (χ0) is 16.4. The van der Waals surface area contributed by atoms with Gasteiger partial charge in [0.05, 0.1) is 0 Å². The van der Waals surface area contributed by atoms with E-state index in [1.165, 1.54) is 20.8 Å². The van der Waals surface area contributed by atoms with Crippen LogP contribution in [0.4, 0.5) is 4.79 Å². The first-order chi connectivity index (χ1) is 8.65. The highest BCUT2D eigenvalue weighted by Crippen LogP contribution is 2.14. The van der Waals surface area contributed by atoms with Crippen molar-refractivity contribution >= 4 is 18.1 Å². The molecule has 0 spiro atoms. The molecule has 1 atom stereocenters. The molecule has 0 aromatic rings. The van der Waals surface area contributed by atoms with Crippen LogP contribution in [-0.4, -0.2) is 40.1 Å². The number of rotatable bonds is 2. The number of hydrogen-bond acceptors (Lipinski definition) is 8.